The van der Waals surface area contributed by atoms with E-state index in [-0.39, 0.29) is 0 Å². The van der Waals surface area contributed by atoms with Crippen molar-refractivity contribution in [1.82, 2.24) is 0 Å². The van der Waals surface area contributed by atoms with E-state index in [0.717, 1.165) is 11.7 Å². The third-order valence-electron chi connectivity index (χ3n) is 0.0697. The molecular formula is H3O3PS. The van der Waals surface area contributed by atoms with E-state index in [1.54, 1.807) is 0 Å². The molecular weight excluding hydrogens is 111 g/mol. The second kappa shape index (κ2) is 4.66. The Balaban J connectivity index is 2.19. The van der Waals surface area contributed by atoms with E-state index in [2.05, 4.69) is 17.8 Å². The van der Waals surface area contributed by atoms with Gasteiger partial charge in [-0.25, -0.2) is 5.26 Å². The van der Waals surface area contributed by atoms with Gasteiger partial charge in [0.15, 0.2) is 0 Å². The van der Waals surface area contributed by atoms with Crippen molar-refractivity contribution >= 4 is 20.1 Å². The minimum absolute atomic E-state index is 0.846. The van der Waals surface area contributed by atoms with Gasteiger partial charge in [-0.05, 0) is 8.44 Å². The molecule has 1 unspecified atom stereocenters. The van der Waals surface area contributed by atoms with Crippen molar-refractivity contribution in [2.45, 2.75) is 0 Å². The first-order chi connectivity index (χ1) is 2.41. The normalized spacial score (nSPS) is 8.40. The zero-order chi connectivity index (χ0) is 4.12. The first kappa shape index (κ1) is 5.66. The van der Waals surface area contributed by atoms with Crippen LogP contribution in [-0.2, 0) is 9.37 Å². The Morgan fingerprint density at radius 2 is 2.40 bits per heavy atom. The van der Waals surface area contributed by atoms with E-state index in [9.17, 15) is 0 Å². The van der Waals surface area contributed by atoms with Crippen molar-refractivity contribution in [3.05, 3.63) is 0 Å². The molecule has 0 spiro atoms. The Bertz CT molecular complexity index is 14.4. The first-order valence-electron chi connectivity index (χ1n) is 0.752. The van der Waals surface area contributed by atoms with Crippen LogP contribution in [0, 0.1) is 0 Å². The lowest BCUT2D eigenvalue weighted by Crippen LogP contribution is -1.69. The van der Waals surface area contributed by atoms with Crippen molar-refractivity contribution in [3.63, 3.8) is 0 Å². The summed E-state index contributed by atoms with van der Waals surface area (Å²) in [5, 5.41) is 10.4. The van der Waals surface area contributed by atoms with Gasteiger partial charge in [-0.3, -0.25) is 0 Å². The summed E-state index contributed by atoms with van der Waals surface area (Å²) >= 11 is 0.846. The minimum atomic E-state index is 0.846. The molecule has 0 aromatic carbocycles. The molecule has 3 nitrogen and oxygen atoms in total. The van der Waals surface area contributed by atoms with Gasteiger partial charge >= 0.3 is 0 Å². The summed E-state index contributed by atoms with van der Waals surface area (Å²) in [6.07, 6.45) is 0. The van der Waals surface area contributed by atoms with Crippen LogP contribution in [0.2, 0.25) is 0 Å². The molecule has 0 saturated carbocycles. The average Bonchev–Trinajstić information content (AvgIpc) is 1.41. The number of hydrogen-bond acceptors (Lipinski definition) is 4. The van der Waals surface area contributed by atoms with Crippen molar-refractivity contribution in [1.29, 1.82) is 0 Å². The fourth-order valence-electron chi connectivity index (χ4n) is 0.0176. The van der Waals surface area contributed by atoms with Crippen LogP contribution in [0.5, 0.6) is 0 Å². The summed E-state index contributed by atoms with van der Waals surface area (Å²) in [5.41, 5.74) is 0. The van der Waals surface area contributed by atoms with E-state index < -0.39 is 0 Å². The van der Waals surface area contributed by atoms with E-state index in [1.807, 2.05) is 0 Å². The van der Waals surface area contributed by atoms with Crippen LogP contribution in [-0.4, -0.2) is 5.26 Å². The quantitative estimate of drug-likeness (QED) is 0.250. The maximum atomic E-state index is 7.31. The third kappa shape index (κ3) is 4.66. The van der Waals surface area contributed by atoms with Crippen LogP contribution in [0.15, 0.2) is 0 Å². The Morgan fingerprint density at radius 3 is 2.40 bits per heavy atom. The van der Waals surface area contributed by atoms with Crippen LogP contribution < -0.4 is 0 Å². The standard InChI is InChI=1S/H3O3PS/c1-2-3-5-4/h1H,4H2. The van der Waals surface area contributed by atoms with Crippen molar-refractivity contribution in [3.8, 4) is 0 Å². The van der Waals surface area contributed by atoms with Gasteiger partial charge < -0.3 is 0 Å². The zero-order valence-corrected chi connectivity index (χ0v) is 4.22. The molecule has 0 aliphatic carbocycles. The van der Waals surface area contributed by atoms with Crippen molar-refractivity contribution in [2.75, 3.05) is 0 Å². The maximum absolute atomic E-state index is 7.31. The monoisotopic (exact) mass is 114 g/mol. The highest BCUT2D eigenvalue weighted by atomic mass is 32.7. The van der Waals surface area contributed by atoms with Gasteiger partial charge in [0.05, 0.1) is 11.7 Å². The van der Waals surface area contributed by atoms with E-state index in [0.29, 0.717) is 0 Å². The van der Waals surface area contributed by atoms with Crippen LogP contribution in [0.3, 0.4) is 0 Å². The molecule has 0 aliphatic rings. The Morgan fingerprint density at radius 1 is 1.80 bits per heavy atom. The van der Waals surface area contributed by atoms with Gasteiger partial charge in [-0.15, -0.1) is 4.33 Å². The molecule has 0 fully saturated rings. The molecule has 0 aliphatic heterocycles. The van der Waals surface area contributed by atoms with Gasteiger partial charge in [-0.1, -0.05) is 5.04 Å². The predicted octanol–water partition coefficient (Wildman–Crippen LogP) is 0.846. The summed E-state index contributed by atoms with van der Waals surface area (Å²) in [6, 6.07) is 0. The zero-order valence-electron chi connectivity index (χ0n) is 2.25. The topological polar surface area (TPSA) is 38.7 Å². The second-order valence-electron chi connectivity index (χ2n) is 0.239. The van der Waals surface area contributed by atoms with E-state index in [1.165, 1.54) is 0 Å². The minimum Gasteiger partial charge on any atom is -0.220 e. The molecule has 0 rings (SSSR count). The van der Waals surface area contributed by atoms with Gasteiger partial charge in [0.1, 0.15) is 0 Å². The molecule has 5 heteroatoms. The molecule has 1 N–H and O–H groups in total. The van der Waals surface area contributed by atoms with Gasteiger partial charge in [-0.2, -0.15) is 0 Å². The molecule has 0 aromatic rings. The fraction of sp³-hybridized carbons (Fsp3) is 0. The highest BCUT2D eigenvalue weighted by molar-refractivity contribution is 8.40. The molecule has 0 heterocycles. The SMILES string of the molecule is OOOSP. The molecule has 1 atom stereocenters. The summed E-state index contributed by atoms with van der Waals surface area (Å²) in [5.74, 6) is 0. The van der Waals surface area contributed by atoms with Crippen molar-refractivity contribution < 1.29 is 14.6 Å². The van der Waals surface area contributed by atoms with Crippen LogP contribution >= 0.6 is 20.1 Å². The molecule has 0 radical (unpaired) electrons. The second-order valence-corrected chi connectivity index (χ2v) is 1.14. The van der Waals surface area contributed by atoms with Gasteiger partial charge in [0.25, 0.3) is 0 Å². The summed E-state index contributed by atoms with van der Waals surface area (Å²) in [7, 11) is 2.11. The predicted molar refractivity (Wildman–Crippen MR) is 22.1 cm³/mol. The lowest BCUT2D eigenvalue weighted by molar-refractivity contribution is -0.431. The Hall–Kier alpha value is 0.660. The molecule has 0 amide bonds. The van der Waals surface area contributed by atoms with Crippen LogP contribution in [0.1, 0.15) is 0 Å². The average molecular weight is 114 g/mol. The Kier molecular flexibility index (Phi) is 5.28. The van der Waals surface area contributed by atoms with E-state index >= 15 is 0 Å². The first-order valence-corrected chi connectivity index (χ1v) is 2.97. The highest BCUT2D eigenvalue weighted by Gasteiger charge is 1.67. The van der Waals surface area contributed by atoms with Crippen LogP contribution in [0.25, 0.3) is 0 Å². The highest BCUT2D eigenvalue weighted by Crippen LogP contribution is 2.09. The smallest absolute Gasteiger partial charge is 0.0538 e. The van der Waals surface area contributed by atoms with Gasteiger partial charge in [0, 0.05) is 0 Å². The van der Waals surface area contributed by atoms with E-state index in [4.69, 9.17) is 5.26 Å². The van der Waals surface area contributed by atoms with Gasteiger partial charge in [0.2, 0.25) is 0 Å². The molecule has 5 heavy (non-hydrogen) atoms. The lowest BCUT2D eigenvalue weighted by Gasteiger charge is -1.80. The molecule has 0 saturated heterocycles. The maximum Gasteiger partial charge on any atom is 0.0538 e. The number of hydrogen-bond donors (Lipinski definition) is 1. The van der Waals surface area contributed by atoms with Crippen LogP contribution in [0.4, 0.5) is 0 Å². The molecule has 0 aromatic heterocycles. The largest absolute Gasteiger partial charge is 0.220 e. The number of rotatable bonds is 2. The molecule has 32 valence electrons. The third-order valence-corrected chi connectivity index (χ3v) is 0.445. The van der Waals surface area contributed by atoms with Crippen molar-refractivity contribution in [2.24, 2.45) is 0 Å². The summed E-state index contributed by atoms with van der Waals surface area (Å²) in [6.45, 7) is 0. The lowest BCUT2D eigenvalue weighted by atomic mass is 14.6. The molecule has 0 bridgehead atoms. The fourth-order valence-corrected chi connectivity index (χ4v) is 0.158. The summed E-state index contributed by atoms with van der Waals surface area (Å²) in [4.78, 5) is 0. The summed E-state index contributed by atoms with van der Waals surface area (Å²) < 4.78 is 3.77. The Labute approximate surface area is 35.7 Å².